The highest BCUT2D eigenvalue weighted by Crippen LogP contribution is 2.64. The summed E-state index contributed by atoms with van der Waals surface area (Å²) >= 11 is 0. The Labute approximate surface area is 248 Å². The average Bonchev–Trinajstić information content (AvgIpc) is 3.52. The van der Waals surface area contributed by atoms with Crippen LogP contribution in [0, 0.1) is 12.8 Å². The van der Waals surface area contributed by atoms with Gasteiger partial charge in [-0.2, -0.15) is 4.31 Å². The van der Waals surface area contributed by atoms with Crippen LogP contribution in [0.4, 0.5) is 0 Å². The van der Waals surface area contributed by atoms with Crippen LogP contribution in [-0.4, -0.2) is 19.3 Å². The number of aryl methyl sites for hydroxylation is 1. The lowest BCUT2D eigenvalue weighted by Crippen LogP contribution is -2.47. The molecule has 1 aliphatic heterocycles. The molecule has 1 heterocycles. The fourth-order valence-corrected chi connectivity index (χ4v) is 9.14. The first-order chi connectivity index (χ1) is 20.4. The molecule has 3 atom stereocenters. The molecule has 2 aliphatic rings. The van der Waals surface area contributed by atoms with E-state index in [2.05, 4.69) is 104 Å². The van der Waals surface area contributed by atoms with Crippen molar-refractivity contribution in [3.05, 3.63) is 173 Å². The highest BCUT2D eigenvalue weighted by atomic mass is 32.2. The molecule has 0 bridgehead atoms. The Balaban J connectivity index is 1.60. The zero-order chi connectivity index (χ0) is 28.9. The van der Waals surface area contributed by atoms with Gasteiger partial charge in [0.05, 0.1) is 10.4 Å². The van der Waals surface area contributed by atoms with Gasteiger partial charge in [0.25, 0.3) is 0 Å². The zero-order valence-corrected chi connectivity index (χ0v) is 24.6. The molecule has 0 radical (unpaired) electrons. The second-order valence-corrected chi connectivity index (χ2v) is 13.3. The molecule has 2 unspecified atom stereocenters. The van der Waals surface area contributed by atoms with Crippen LogP contribution < -0.4 is 0 Å². The van der Waals surface area contributed by atoms with Crippen LogP contribution in [-0.2, 0) is 15.6 Å². The fourth-order valence-electron chi connectivity index (χ4n) is 7.32. The summed E-state index contributed by atoms with van der Waals surface area (Å²) in [6.07, 6.45) is 0. The normalized spacial score (nSPS) is 22.0. The SMILES string of the molecule is Cc1ccc(S(=O)(=O)N2CC(c3ccccc3)C(C)[C@@]23C(c2ccccc2)=C(c2ccccc2)c2ccccc23)cc1. The first-order valence-corrected chi connectivity index (χ1v) is 16.0. The van der Waals surface area contributed by atoms with Crippen LogP contribution in [0.3, 0.4) is 0 Å². The minimum atomic E-state index is -3.91. The molecule has 0 N–H and O–H groups in total. The summed E-state index contributed by atoms with van der Waals surface area (Å²) in [4.78, 5) is 0.325. The van der Waals surface area contributed by atoms with E-state index in [1.54, 1.807) is 12.1 Å². The van der Waals surface area contributed by atoms with Crippen molar-refractivity contribution in [2.75, 3.05) is 6.54 Å². The monoisotopic (exact) mass is 567 g/mol. The third-order valence-corrected chi connectivity index (χ3v) is 11.1. The molecule has 4 heteroatoms. The van der Waals surface area contributed by atoms with Gasteiger partial charge < -0.3 is 0 Å². The first kappa shape index (κ1) is 26.6. The molecule has 0 amide bonds. The Kier molecular flexibility index (Phi) is 6.49. The fraction of sp³-hybridized carbons (Fsp3) is 0.158. The molecular weight excluding hydrogens is 534 g/mol. The summed E-state index contributed by atoms with van der Waals surface area (Å²) in [7, 11) is -3.91. The molecule has 0 saturated carbocycles. The molecule has 208 valence electrons. The maximum absolute atomic E-state index is 15.0. The second-order valence-electron chi connectivity index (χ2n) is 11.4. The van der Waals surface area contributed by atoms with Crippen molar-refractivity contribution in [2.45, 2.75) is 30.2 Å². The van der Waals surface area contributed by atoms with Crippen molar-refractivity contribution in [1.29, 1.82) is 0 Å². The van der Waals surface area contributed by atoms with E-state index in [4.69, 9.17) is 0 Å². The lowest BCUT2D eigenvalue weighted by molar-refractivity contribution is 0.272. The topological polar surface area (TPSA) is 37.4 Å². The van der Waals surface area contributed by atoms with Crippen LogP contribution in [0.5, 0.6) is 0 Å². The van der Waals surface area contributed by atoms with Gasteiger partial charge in [-0.05, 0) is 63.9 Å². The van der Waals surface area contributed by atoms with E-state index in [0.717, 1.165) is 44.5 Å². The molecule has 1 aliphatic carbocycles. The minimum Gasteiger partial charge on any atom is -0.207 e. The Bertz CT molecular complexity index is 1880. The predicted octanol–water partition coefficient (Wildman–Crippen LogP) is 8.29. The van der Waals surface area contributed by atoms with Gasteiger partial charge in [-0.15, -0.1) is 0 Å². The molecule has 7 rings (SSSR count). The van der Waals surface area contributed by atoms with Crippen molar-refractivity contribution in [3.63, 3.8) is 0 Å². The Morgan fingerprint density at radius 2 is 1.21 bits per heavy atom. The van der Waals surface area contributed by atoms with E-state index in [1.807, 2.05) is 41.6 Å². The van der Waals surface area contributed by atoms with E-state index >= 15 is 0 Å². The summed E-state index contributed by atoms with van der Waals surface area (Å²) in [5.41, 5.74) is 7.68. The van der Waals surface area contributed by atoms with Gasteiger partial charge in [-0.25, -0.2) is 8.42 Å². The van der Waals surface area contributed by atoms with Gasteiger partial charge in [-0.3, -0.25) is 0 Å². The van der Waals surface area contributed by atoms with E-state index in [0.29, 0.717) is 11.4 Å². The molecule has 5 aromatic carbocycles. The van der Waals surface area contributed by atoms with Crippen molar-refractivity contribution in [3.8, 4) is 0 Å². The van der Waals surface area contributed by atoms with Crippen LogP contribution >= 0.6 is 0 Å². The van der Waals surface area contributed by atoms with Gasteiger partial charge in [0.1, 0.15) is 0 Å². The Hall–Kier alpha value is -4.25. The molecule has 3 nitrogen and oxygen atoms in total. The number of sulfonamides is 1. The predicted molar refractivity (Wildman–Crippen MR) is 170 cm³/mol. The number of nitrogens with zero attached hydrogens (tertiary/aromatic N) is 1. The number of hydrogen-bond acceptors (Lipinski definition) is 2. The van der Waals surface area contributed by atoms with Crippen LogP contribution in [0.1, 0.15) is 46.2 Å². The molecule has 1 saturated heterocycles. The lowest BCUT2D eigenvalue weighted by atomic mass is 9.71. The quantitative estimate of drug-likeness (QED) is 0.214. The van der Waals surface area contributed by atoms with Crippen LogP contribution in [0.25, 0.3) is 11.1 Å². The summed E-state index contributed by atoms with van der Waals surface area (Å²) in [5.74, 6) is -0.0639. The molecule has 42 heavy (non-hydrogen) atoms. The summed E-state index contributed by atoms with van der Waals surface area (Å²) < 4.78 is 31.8. The maximum atomic E-state index is 15.0. The van der Waals surface area contributed by atoms with E-state index in [1.165, 1.54) is 0 Å². The zero-order valence-electron chi connectivity index (χ0n) is 23.8. The molecule has 1 spiro atoms. The van der Waals surface area contributed by atoms with Gasteiger partial charge in [0.2, 0.25) is 10.0 Å². The molecule has 0 aromatic heterocycles. The molecule has 5 aromatic rings. The van der Waals surface area contributed by atoms with Gasteiger partial charge in [0.15, 0.2) is 0 Å². The molecule has 1 fully saturated rings. The standard InChI is InChI=1S/C38H33NO2S/c1-27-22-24-32(25-23-27)42(40,41)39-26-34(29-14-6-3-7-15-29)28(2)38(39)35-21-13-12-20-33(35)36(30-16-8-4-9-17-30)37(38)31-18-10-5-11-19-31/h3-25,28,34H,26H2,1-2H3/t28?,34?,38-/m1/s1. The van der Waals surface area contributed by atoms with Gasteiger partial charge >= 0.3 is 0 Å². The van der Waals surface area contributed by atoms with Gasteiger partial charge in [0, 0.05) is 12.5 Å². The van der Waals surface area contributed by atoms with Gasteiger partial charge in [-0.1, -0.05) is 140 Å². The van der Waals surface area contributed by atoms with E-state index < -0.39 is 15.6 Å². The maximum Gasteiger partial charge on any atom is 0.244 e. The number of benzene rings is 5. The lowest BCUT2D eigenvalue weighted by Gasteiger charge is -2.41. The minimum absolute atomic E-state index is 0.00619. The van der Waals surface area contributed by atoms with E-state index in [9.17, 15) is 8.42 Å². The highest BCUT2D eigenvalue weighted by molar-refractivity contribution is 7.89. The second kappa shape index (κ2) is 10.2. The summed E-state index contributed by atoms with van der Waals surface area (Å²) in [6, 6.07) is 46.9. The Morgan fingerprint density at radius 1 is 0.667 bits per heavy atom. The third-order valence-electron chi connectivity index (χ3n) is 9.22. The van der Waals surface area contributed by atoms with E-state index in [-0.39, 0.29) is 11.8 Å². The first-order valence-electron chi connectivity index (χ1n) is 14.5. The summed E-state index contributed by atoms with van der Waals surface area (Å²) in [5, 5.41) is 0. The average molecular weight is 568 g/mol. The molecular formula is C38H33NO2S. The van der Waals surface area contributed by atoms with Crippen LogP contribution in [0.2, 0.25) is 0 Å². The van der Waals surface area contributed by atoms with Crippen molar-refractivity contribution in [2.24, 2.45) is 5.92 Å². The Morgan fingerprint density at radius 3 is 1.86 bits per heavy atom. The van der Waals surface area contributed by atoms with Crippen LogP contribution in [0.15, 0.2) is 144 Å². The number of fused-ring (bicyclic) bond motifs is 2. The smallest absolute Gasteiger partial charge is 0.207 e. The number of rotatable bonds is 5. The third kappa shape index (κ3) is 3.93. The largest absolute Gasteiger partial charge is 0.244 e. The highest BCUT2D eigenvalue weighted by Gasteiger charge is 2.63. The number of hydrogen-bond donors (Lipinski definition) is 0. The van der Waals surface area contributed by atoms with Crippen molar-refractivity contribution < 1.29 is 8.42 Å². The van der Waals surface area contributed by atoms with Crippen molar-refractivity contribution >= 4 is 21.2 Å². The van der Waals surface area contributed by atoms with Crippen molar-refractivity contribution in [1.82, 2.24) is 4.31 Å². The summed E-state index contributed by atoms with van der Waals surface area (Å²) in [6.45, 7) is 4.61.